The van der Waals surface area contributed by atoms with Crippen molar-refractivity contribution in [2.75, 3.05) is 17.2 Å². The molecule has 4 N–H and O–H groups in total. The fourth-order valence-electron chi connectivity index (χ4n) is 2.13. The summed E-state index contributed by atoms with van der Waals surface area (Å²) in [6.45, 7) is 1.98. The molecule has 1 aromatic heterocycles. The first-order chi connectivity index (χ1) is 12.6. The standard InChI is InChI=1S/C18H22N4O4/c1-2-5-16(23)21-13-6-3-7-14(10-13)22-17(24)12-20-18(25)19-11-15-8-4-9-26-15/h3-4,6-10H,2,5,11-12H2,1H3,(H,21,23)(H,22,24)(H2,19,20,25). The summed E-state index contributed by atoms with van der Waals surface area (Å²) in [5, 5.41) is 10.5. The molecule has 4 amide bonds. The summed E-state index contributed by atoms with van der Waals surface area (Å²) < 4.78 is 5.09. The molecule has 26 heavy (non-hydrogen) atoms. The number of amides is 4. The Morgan fingerprint density at radius 2 is 1.69 bits per heavy atom. The molecule has 0 fully saturated rings. The van der Waals surface area contributed by atoms with Gasteiger partial charge in [-0.1, -0.05) is 13.0 Å². The molecule has 0 aliphatic carbocycles. The van der Waals surface area contributed by atoms with E-state index in [0.717, 1.165) is 6.42 Å². The second-order valence-corrected chi connectivity index (χ2v) is 5.54. The third kappa shape index (κ3) is 6.68. The molecule has 0 spiro atoms. The van der Waals surface area contributed by atoms with Crippen LogP contribution in [0, 0.1) is 0 Å². The highest BCUT2D eigenvalue weighted by molar-refractivity contribution is 5.96. The van der Waals surface area contributed by atoms with Crippen LogP contribution in [0.4, 0.5) is 16.2 Å². The van der Waals surface area contributed by atoms with Crippen LogP contribution in [0.2, 0.25) is 0 Å². The molecule has 0 saturated heterocycles. The SMILES string of the molecule is CCCC(=O)Nc1cccc(NC(=O)CNC(=O)NCc2ccco2)c1. The number of urea groups is 1. The quantitative estimate of drug-likeness (QED) is 0.580. The number of rotatable bonds is 8. The van der Waals surface area contributed by atoms with Crippen molar-refractivity contribution < 1.29 is 18.8 Å². The van der Waals surface area contributed by atoms with Crippen molar-refractivity contribution in [3.63, 3.8) is 0 Å². The first-order valence-corrected chi connectivity index (χ1v) is 8.30. The van der Waals surface area contributed by atoms with Crippen LogP contribution < -0.4 is 21.3 Å². The maximum Gasteiger partial charge on any atom is 0.315 e. The lowest BCUT2D eigenvalue weighted by molar-refractivity contribution is -0.116. The van der Waals surface area contributed by atoms with Crippen molar-refractivity contribution in [1.82, 2.24) is 10.6 Å². The van der Waals surface area contributed by atoms with Crippen molar-refractivity contribution in [3.05, 3.63) is 48.4 Å². The van der Waals surface area contributed by atoms with Crippen LogP contribution >= 0.6 is 0 Å². The van der Waals surface area contributed by atoms with Gasteiger partial charge in [0.05, 0.1) is 19.4 Å². The summed E-state index contributed by atoms with van der Waals surface area (Å²) in [4.78, 5) is 35.2. The highest BCUT2D eigenvalue weighted by Gasteiger charge is 2.07. The van der Waals surface area contributed by atoms with Gasteiger partial charge >= 0.3 is 6.03 Å². The van der Waals surface area contributed by atoms with Gasteiger partial charge in [0, 0.05) is 17.8 Å². The molecule has 0 aliphatic rings. The minimum absolute atomic E-state index is 0.0779. The van der Waals surface area contributed by atoms with E-state index in [0.29, 0.717) is 23.6 Å². The molecule has 1 aromatic carbocycles. The zero-order chi connectivity index (χ0) is 18.8. The van der Waals surface area contributed by atoms with E-state index in [9.17, 15) is 14.4 Å². The summed E-state index contributed by atoms with van der Waals surface area (Å²) in [5.41, 5.74) is 1.13. The van der Waals surface area contributed by atoms with E-state index in [1.807, 2.05) is 6.92 Å². The third-order valence-electron chi connectivity index (χ3n) is 3.32. The molecule has 0 radical (unpaired) electrons. The van der Waals surface area contributed by atoms with Gasteiger partial charge in [-0.3, -0.25) is 9.59 Å². The Hall–Kier alpha value is -3.29. The largest absolute Gasteiger partial charge is 0.467 e. The average Bonchev–Trinajstić information content (AvgIpc) is 3.12. The topological polar surface area (TPSA) is 112 Å². The smallest absolute Gasteiger partial charge is 0.315 e. The van der Waals surface area contributed by atoms with E-state index in [-0.39, 0.29) is 24.9 Å². The van der Waals surface area contributed by atoms with E-state index in [4.69, 9.17) is 4.42 Å². The summed E-state index contributed by atoms with van der Waals surface area (Å²) in [6, 6.07) is 9.80. The maximum atomic E-state index is 11.9. The predicted octanol–water partition coefficient (Wildman–Crippen LogP) is 2.46. The Kier molecular flexibility index (Phi) is 7.23. The highest BCUT2D eigenvalue weighted by Crippen LogP contribution is 2.15. The maximum absolute atomic E-state index is 11.9. The fraction of sp³-hybridized carbons (Fsp3) is 0.278. The molecule has 138 valence electrons. The van der Waals surface area contributed by atoms with Gasteiger partial charge in [-0.15, -0.1) is 0 Å². The zero-order valence-electron chi connectivity index (χ0n) is 14.5. The zero-order valence-corrected chi connectivity index (χ0v) is 14.5. The number of carbonyl (C=O) groups is 3. The van der Waals surface area contributed by atoms with Crippen LogP contribution in [0.25, 0.3) is 0 Å². The first-order valence-electron chi connectivity index (χ1n) is 8.30. The minimum Gasteiger partial charge on any atom is -0.467 e. The number of nitrogens with one attached hydrogen (secondary N) is 4. The van der Waals surface area contributed by atoms with Crippen LogP contribution in [0.3, 0.4) is 0 Å². The van der Waals surface area contributed by atoms with Gasteiger partial charge in [0.15, 0.2) is 0 Å². The van der Waals surface area contributed by atoms with Crippen molar-refractivity contribution in [2.24, 2.45) is 0 Å². The van der Waals surface area contributed by atoms with E-state index >= 15 is 0 Å². The number of furan rings is 1. The van der Waals surface area contributed by atoms with Gasteiger partial charge in [0.25, 0.3) is 0 Å². The molecule has 1 heterocycles. The molecule has 0 unspecified atom stereocenters. The summed E-state index contributed by atoms with van der Waals surface area (Å²) in [6.07, 6.45) is 2.71. The Labute approximate surface area is 151 Å². The lowest BCUT2D eigenvalue weighted by atomic mass is 10.2. The molecule has 2 aromatic rings. The monoisotopic (exact) mass is 358 g/mol. The van der Waals surface area contributed by atoms with E-state index < -0.39 is 6.03 Å². The van der Waals surface area contributed by atoms with Gasteiger partial charge in [0.1, 0.15) is 5.76 Å². The lowest BCUT2D eigenvalue weighted by Gasteiger charge is -2.10. The van der Waals surface area contributed by atoms with Gasteiger partial charge in [-0.25, -0.2) is 4.79 Å². The average molecular weight is 358 g/mol. The second kappa shape index (κ2) is 9.87. The molecule has 0 atom stereocenters. The summed E-state index contributed by atoms with van der Waals surface area (Å²) in [5.74, 6) is 0.160. The Morgan fingerprint density at radius 3 is 2.35 bits per heavy atom. The van der Waals surface area contributed by atoms with E-state index in [1.165, 1.54) is 6.26 Å². The number of hydrogen-bond acceptors (Lipinski definition) is 4. The molecule has 0 aliphatic heterocycles. The van der Waals surface area contributed by atoms with Crippen LogP contribution in [0.15, 0.2) is 47.1 Å². The number of anilines is 2. The predicted molar refractivity (Wildman–Crippen MR) is 97.6 cm³/mol. The Bertz CT molecular complexity index is 743. The fourth-order valence-corrected chi connectivity index (χ4v) is 2.13. The summed E-state index contributed by atoms with van der Waals surface area (Å²) in [7, 11) is 0. The molecule has 8 heteroatoms. The first kappa shape index (κ1) is 19.0. The van der Waals surface area contributed by atoms with Gasteiger partial charge in [-0.2, -0.15) is 0 Å². The third-order valence-corrected chi connectivity index (χ3v) is 3.32. The van der Waals surface area contributed by atoms with Crippen LogP contribution in [0.5, 0.6) is 0 Å². The Morgan fingerprint density at radius 1 is 0.962 bits per heavy atom. The van der Waals surface area contributed by atoms with Crippen molar-refractivity contribution in [1.29, 1.82) is 0 Å². The second-order valence-electron chi connectivity index (χ2n) is 5.54. The van der Waals surface area contributed by atoms with Crippen LogP contribution in [0.1, 0.15) is 25.5 Å². The lowest BCUT2D eigenvalue weighted by Crippen LogP contribution is -2.39. The number of benzene rings is 1. The number of carbonyl (C=O) groups excluding carboxylic acids is 3. The minimum atomic E-state index is -0.475. The molecular weight excluding hydrogens is 336 g/mol. The molecule has 8 nitrogen and oxygen atoms in total. The van der Waals surface area contributed by atoms with Gasteiger partial charge < -0.3 is 25.7 Å². The molecule has 2 rings (SSSR count). The van der Waals surface area contributed by atoms with E-state index in [1.54, 1.807) is 36.4 Å². The van der Waals surface area contributed by atoms with Crippen LogP contribution in [-0.4, -0.2) is 24.4 Å². The van der Waals surface area contributed by atoms with Crippen molar-refractivity contribution in [3.8, 4) is 0 Å². The van der Waals surface area contributed by atoms with Crippen molar-refractivity contribution in [2.45, 2.75) is 26.3 Å². The Balaban J connectivity index is 1.74. The van der Waals surface area contributed by atoms with E-state index in [2.05, 4.69) is 21.3 Å². The molecular formula is C18H22N4O4. The molecule has 0 bridgehead atoms. The summed E-state index contributed by atoms with van der Waals surface area (Å²) >= 11 is 0. The highest BCUT2D eigenvalue weighted by atomic mass is 16.3. The normalized spacial score (nSPS) is 10.0. The number of hydrogen-bond donors (Lipinski definition) is 4. The van der Waals surface area contributed by atoms with Gasteiger partial charge in [-0.05, 0) is 36.8 Å². The van der Waals surface area contributed by atoms with Crippen LogP contribution in [-0.2, 0) is 16.1 Å². The van der Waals surface area contributed by atoms with Gasteiger partial charge in [0.2, 0.25) is 11.8 Å². The van der Waals surface area contributed by atoms with Crippen molar-refractivity contribution >= 4 is 29.2 Å². The molecule has 0 saturated carbocycles.